The van der Waals surface area contributed by atoms with E-state index in [2.05, 4.69) is 4.98 Å². The van der Waals surface area contributed by atoms with Crippen LogP contribution < -0.4 is 10.3 Å². The topological polar surface area (TPSA) is 65.9 Å². The van der Waals surface area contributed by atoms with Gasteiger partial charge in [0.25, 0.3) is 5.56 Å². The molecule has 0 spiro atoms. The molecule has 0 amide bonds. The number of benzene rings is 1. The average Bonchev–Trinajstić information content (AvgIpc) is 2.37. The second-order valence-corrected chi connectivity index (χ2v) is 4.69. The van der Waals surface area contributed by atoms with Crippen molar-refractivity contribution in [1.82, 2.24) is 4.98 Å². The van der Waals surface area contributed by atoms with Crippen molar-refractivity contribution in [3.8, 4) is 11.8 Å². The van der Waals surface area contributed by atoms with Crippen molar-refractivity contribution in [2.75, 3.05) is 7.11 Å². The van der Waals surface area contributed by atoms with Gasteiger partial charge in [0, 0.05) is 17.4 Å². The number of pyridine rings is 1. The summed E-state index contributed by atoms with van der Waals surface area (Å²) in [5.41, 5.74) is 1.94. The van der Waals surface area contributed by atoms with E-state index in [-0.39, 0.29) is 5.56 Å². The highest BCUT2D eigenvalue weighted by molar-refractivity contribution is 6.33. The quantitative estimate of drug-likeness (QED) is 0.937. The van der Waals surface area contributed by atoms with E-state index >= 15 is 0 Å². The zero-order valence-corrected chi connectivity index (χ0v) is 11.5. The number of H-pyrrole nitrogens is 1. The van der Waals surface area contributed by atoms with E-state index in [0.29, 0.717) is 34.7 Å². The van der Waals surface area contributed by atoms with Crippen LogP contribution in [0.2, 0.25) is 5.02 Å². The van der Waals surface area contributed by atoms with Crippen LogP contribution in [0, 0.1) is 18.3 Å². The van der Waals surface area contributed by atoms with Crippen molar-refractivity contribution in [2.45, 2.75) is 19.8 Å². The van der Waals surface area contributed by atoms with Gasteiger partial charge in [-0.2, -0.15) is 5.26 Å². The van der Waals surface area contributed by atoms with Crippen LogP contribution in [0.1, 0.15) is 17.5 Å². The largest absolute Gasteiger partial charge is 0.493 e. The summed E-state index contributed by atoms with van der Waals surface area (Å²) in [7, 11) is 1.51. The van der Waals surface area contributed by atoms with Crippen molar-refractivity contribution in [1.29, 1.82) is 5.26 Å². The third kappa shape index (κ3) is 2.42. The fourth-order valence-electron chi connectivity index (χ4n) is 2.09. The lowest BCUT2D eigenvalue weighted by molar-refractivity contribution is 0.419. The Kier molecular flexibility index (Phi) is 3.77. The van der Waals surface area contributed by atoms with Crippen LogP contribution >= 0.6 is 11.6 Å². The number of hydrogen-bond acceptors (Lipinski definition) is 3. The number of fused-ring (bicyclic) bond motifs is 1. The molecule has 19 heavy (non-hydrogen) atoms. The number of aromatic amines is 1. The molecule has 0 bridgehead atoms. The number of nitrogens with zero attached hydrogens (tertiary/aromatic N) is 1. The van der Waals surface area contributed by atoms with Crippen LogP contribution in [0.3, 0.4) is 0 Å². The normalized spacial score (nSPS) is 10.4. The van der Waals surface area contributed by atoms with Crippen molar-refractivity contribution >= 4 is 22.5 Å². The predicted molar refractivity (Wildman–Crippen MR) is 74.8 cm³/mol. The lowest BCUT2D eigenvalue weighted by Gasteiger charge is -2.11. The summed E-state index contributed by atoms with van der Waals surface area (Å²) >= 11 is 6.09. The number of hydrogen-bond donors (Lipinski definition) is 1. The van der Waals surface area contributed by atoms with Crippen molar-refractivity contribution in [2.24, 2.45) is 0 Å². The van der Waals surface area contributed by atoms with Crippen molar-refractivity contribution in [3.63, 3.8) is 0 Å². The van der Waals surface area contributed by atoms with E-state index in [1.165, 1.54) is 7.11 Å². The first kappa shape index (κ1) is 13.4. The highest BCUT2D eigenvalue weighted by Crippen LogP contribution is 2.33. The molecule has 2 rings (SSSR count). The van der Waals surface area contributed by atoms with Crippen LogP contribution in [0.25, 0.3) is 10.9 Å². The van der Waals surface area contributed by atoms with E-state index in [9.17, 15) is 4.79 Å². The molecule has 0 fully saturated rings. The zero-order valence-electron chi connectivity index (χ0n) is 10.7. The molecule has 0 aliphatic carbocycles. The summed E-state index contributed by atoms with van der Waals surface area (Å²) in [4.78, 5) is 14.8. The molecule has 0 saturated carbocycles. The molecule has 2 aromatic rings. The zero-order chi connectivity index (χ0) is 14.0. The van der Waals surface area contributed by atoms with Gasteiger partial charge < -0.3 is 9.72 Å². The third-order valence-corrected chi connectivity index (χ3v) is 3.32. The molecule has 1 aromatic carbocycles. The Balaban J connectivity index is 2.74. The molecule has 0 unspecified atom stereocenters. The van der Waals surface area contributed by atoms with Crippen molar-refractivity contribution < 1.29 is 4.74 Å². The number of aryl methyl sites for hydroxylation is 2. The van der Waals surface area contributed by atoms with Crippen LogP contribution in [0.15, 0.2) is 16.9 Å². The minimum absolute atomic E-state index is 0.206. The van der Waals surface area contributed by atoms with Gasteiger partial charge in [0.05, 0.1) is 23.7 Å². The maximum atomic E-state index is 12.0. The second kappa shape index (κ2) is 5.33. The molecule has 0 aliphatic rings. The molecule has 1 N–H and O–H groups in total. The number of rotatable bonds is 3. The van der Waals surface area contributed by atoms with Crippen molar-refractivity contribution in [3.05, 3.63) is 38.6 Å². The van der Waals surface area contributed by atoms with Gasteiger partial charge >= 0.3 is 0 Å². The van der Waals surface area contributed by atoms with E-state index in [1.54, 1.807) is 12.1 Å². The summed E-state index contributed by atoms with van der Waals surface area (Å²) in [6.07, 6.45) is 0.754. The van der Waals surface area contributed by atoms with Gasteiger partial charge in [-0.1, -0.05) is 11.6 Å². The Morgan fingerprint density at radius 3 is 2.84 bits per heavy atom. The summed E-state index contributed by atoms with van der Waals surface area (Å²) in [5, 5.41) is 9.95. The van der Waals surface area contributed by atoms with Crippen LogP contribution in [0.4, 0.5) is 0 Å². The van der Waals surface area contributed by atoms with E-state index < -0.39 is 0 Å². The molecular formula is C14H13ClN2O2. The molecule has 0 radical (unpaired) electrons. The van der Waals surface area contributed by atoms with Gasteiger partial charge in [-0.25, -0.2) is 0 Å². The van der Waals surface area contributed by atoms with Gasteiger partial charge in [-0.15, -0.1) is 0 Å². The summed E-state index contributed by atoms with van der Waals surface area (Å²) in [5.74, 6) is 0.464. The fraction of sp³-hybridized carbons (Fsp3) is 0.286. The van der Waals surface area contributed by atoms with E-state index in [0.717, 1.165) is 10.9 Å². The van der Waals surface area contributed by atoms with E-state index in [1.807, 2.05) is 13.0 Å². The molecule has 0 saturated heterocycles. The highest BCUT2D eigenvalue weighted by Gasteiger charge is 2.12. The fourth-order valence-corrected chi connectivity index (χ4v) is 2.43. The SMILES string of the molecule is COc1c(Cl)cc(C)c2cc(CCC#N)c(=O)[nH]c12. The summed E-state index contributed by atoms with van der Waals surface area (Å²) < 4.78 is 5.23. The minimum Gasteiger partial charge on any atom is -0.493 e. The molecular weight excluding hydrogens is 264 g/mol. The maximum absolute atomic E-state index is 12.0. The minimum atomic E-state index is -0.206. The van der Waals surface area contributed by atoms with Crippen LogP contribution in [-0.4, -0.2) is 12.1 Å². The number of halogens is 1. The third-order valence-electron chi connectivity index (χ3n) is 3.04. The number of ether oxygens (including phenoxy) is 1. The number of nitriles is 1. The average molecular weight is 277 g/mol. The highest BCUT2D eigenvalue weighted by atomic mass is 35.5. The smallest absolute Gasteiger partial charge is 0.251 e. The maximum Gasteiger partial charge on any atom is 0.251 e. The van der Waals surface area contributed by atoms with Crippen LogP contribution in [-0.2, 0) is 6.42 Å². The molecule has 1 heterocycles. The molecule has 0 atom stereocenters. The molecule has 98 valence electrons. The van der Waals surface area contributed by atoms with E-state index in [4.69, 9.17) is 21.6 Å². The molecule has 1 aromatic heterocycles. The molecule has 0 aliphatic heterocycles. The number of methoxy groups -OCH3 is 1. The Morgan fingerprint density at radius 2 is 2.21 bits per heavy atom. The Bertz CT molecular complexity index is 729. The van der Waals surface area contributed by atoms with Gasteiger partial charge in [0.1, 0.15) is 0 Å². The lowest BCUT2D eigenvalue weighted by Crippen LogP contribution is -2.13. The standard InChI is InChI=1S/C14H13ClN2O2/c1-8-6-11(15)13(19-2)12-10(8)7-9(4-3-5-16)14(18)17-12/h6-7H,3-4H2,1-2H3,(H,17,18). The monoisotopic (exact) mass is 276 g/mol. The Labute approximate surface area is 115 Å². The summed E-state index contributed by atoms with van der Waals surface area (Å²) in [6.45, 7) is 1.92. The lowest BCUT2D eigenvalue weighted by atomic mass is 10.0. The second-order valence-electron chi connectivity index (χ2n) is 4.28. The molecule has 4 nitrogen and oxygen atoms in total. The van der Waals surface area contributed by atoms with Gasteiger partial charge in [-0.3, -0.25) is 4.79 Å². The Morgan fingerprint density at radius 1 is 1.47 bits per heavy atom. The summed E-state index contributed by atoms with van der Waals surface area (Å²) in [6, 6.07) is 5.65. The molecule has 5 heteroatoms. The first-order chi connectivity index (χ1) is 9.08. The Hall–Kier alpha value is -1.99. The van der Waals surface area contributed by atoms with Gasteiger partial charge in [0.2, 0.25) is 0 Å². The predicted octanol–water partition coefficient (Wildman–Crippen LogP) is 2.95. The van der Waals surface area contributed by atoms with Gasteiger partial charge in [0.15, 0.2) is 5.75 Å². The van der Waals surface area contributed by atoms with Gasteiger partial charge in [-0.05, 0) is 31.0 Å². The first-order valence-corrected chi connectivity index (χ1v) is 6.22. The number of nitrogens with one attached hydrogen (secondary N) is 1. The van der Waals surface area contributed by atoms with Crippen LogP contribution in [0.5, 0.6) is 5.75 Å². The first-order valence-electron chi connectivity index (χ1n) is 5.84. The number of aromatic nitrogens is 1.